The Balaban J connectivity index is 5.24. The number of hydrogen-bond acceptors (Lipinski definition) is 15. The Kier molecular flexibility index (Phi) is 66.8. The van der Waals surface area contributed by atoms with E-state index in [0.29, 0.717) is 31.6 Å². The van der Waals surface area contributed by atoms with E-state index < -0.39 is 97.5 Å². The molecule has 19 heteroatoms. The molecule has 0 rings (SSSR count). The minimum Gasteiger partial charge on any atom is -0.462 e. The number of rotatable bonds is 76. The first-order valence-electron chi connectivity index (χ1n) is 40.7. The van der Waals surface area contributed by atoms with Crippen LogP contribution in [0.4, 0.5) is 0 Å². The first-order valence-corrected chi connectivity index (χ1v) is 43.7. The minimum atomic E-state index is -4.96. The second-order valence-corrected chi connectivity index (χ2v) is 33.0. The molecule has 3 N–H and O–H groups in total. The van der Waals surface area contributed by atoms with Crippen molar-refractivity contribution < 1.29 is 80.2 Å². The van der Waals surface area contributed by atoms with Crippen LogP contribution in [0.25, 0.3) is 0 Å². The van der Waals surface area contributed by atoms with Crippen molar-refractivity contribution in [3.8, 4) is 0 Å². The van der Waals surface area contributed by atoms with Crippen molar-refractivity contribution in [1.82, 2.24) is 0 Å². The third-order valence-corrected chi connectivity index (χ3v) is 20.6. The number of hydrogen-bond donors (Lipinski definition) is 3. The molecule has 98 heavy (non-hydrogen) atoms. The van der Waals surface area contributed by atoms with Crippen LogP contribution in [0, 0.1) is 23.7 Å². The Labute approximate surface area is 600 Å². The van der Waals surface area contributed by atoms with Crippen LogP contribution in [0.3, 0.4) is 0 Å². The SMILES string of the molecule is CCC(C)CCCCCCCCCCCCCCCCC(=O)O[C@H](COC(=O)CCCCCCCCCC(C)C)COP(=O)(O)OCC(O)COP(=O)(O)OC[C@@H](COC(=O)CCCCCCCCCCCCCCCC(C)C)OC(=O)CCCCCCCCCCCCCC(C)C. The molecule has 0 fully saturated rings. The minimum absolute atomic E-state index is 0.106. The van der Waals surface area contributed by atoms with Crippen LogP contribution in [0.15, 0.2) is 0 Å². The van der Waals surface area contributed by atoms with Crippen molar-refractivity contribution in [3.63, 3.8) is 0 Å². The molecule has 6 atom stereocenters. The van der Waals surface area contributed by atoms with Gasteiger partial charge < -0.3 is 33.8 Å². The number of esters is 4. The van der Waals surface area contributed by atoms with Gasteiger partial charge in [-0.3, -0.25) is 37.3 Å². The number of aliphatic hydroxyl groups excluding tert-OH is 1. The molecule has 17 nitrogen and oxygen atoms in total. The van der Waals surface area contributed by atoms with E-state index >= 15 is 0 Å². The molecule has 0 aromatic rings. The lowest BCUT2D eigenvalue weighted by Crippen LogP contribution is -2.30. The second-order valence-electron chi connectivity index (χ2n) is 30.1. The van der Waals surface area contributed by atoms with Crippen LogP contribution in [-0.4, -0.2) is 96.7 Å². The van der Waals surface area contributed by atoms with Crippen LogP contribution in [0.5, 0.6) is 0 Å². The number of phosphoric acid groups is 2. The van der Waals surface area contributed by atoms with Crippen molar-refractivity contribution in [1.29, 1.82) is 0 Å². The van der Waals surface area contributed by atoms with Gasteiger partial charge in [0, 0.05) is 25.7 Å². The van der Waals surface area contributed by atoms with E-state index in [2.05, 4.69) is 55.4 Å². The number of aliphatic hydroxyl groups is 1. The van der Waals surface area contributed by atoms with Crippen LogP contribution in [0.1, 0.15) is 402 Å². The van der Waals surface area contributed by atoms with Gasteiger partial charge in [0.15, 0.2) is 12.2 Å². The van der Waals surface area contributed by atoms with E-state index in [9.17, 15) is 43.2 Å². The van der Waals surface area contributed by atoms with Gasteiger partial charge in [-0.05, 0) is 49.4 Å². The summed E-state index contributed by atoms with van der Waals surface area (Å²) < 4.78 is 68.6. The standard InChI is InChI=1S/C79H154O17P2/c1-9-72(8)58-50-42-34-26-20-14-10-11-15-22-28-36-45-53-61-78(83)96-75(66-90-77(82)60-52-44-38-30-33-41-49-57-71(6)7)68-94-98(87,88)92-64-73(80)63-91-97(85,86)93-67-74(95-79(84)62-54-46-37-29-23-17-19-25-32-40-48-56-70(4)5)65-89-76(81)59-51-43-35-27-21-16-12-13-18-24-31-39-47-55-69(2)3/h69-75,80H,9-68H2,1-8H3,(H,85,86)(H,87,88)/t72?,73?,74-,75-/m1/s1. The quantitative estimate of drug-likeness (QED) is 0.0222. The molecule has 0 bridgehead atoms. The van der Waals surface area contributed by atoms with E-state index in [1.807, 2.05) is 0 Å². The van der Waals surface area contributed by atoms with Crippen molar-refractivity contribution in [3.05, 3.63) is 0 Å². The zero-order valence-corrected chi connectivity index (χ0v) is 66.2. The highest BCUT2D eigenvalue weighted by Crippen LogP contribution is 2.45. The van der Waals surface area contributed by atoms with Gasteiger partial charge in [0.1, 0.15) is 19.3 Å². The first kappa shape index (κ1) is 96.1. The van der Waals surface area contributed by atoms with Gasteiger partial charge in [0.05, 0.1) is 26.4 Å². The normalized spacial score (nSPS) is 14.3. The van der Waals surface area contributed by atoms with Gasteiger partial charge in [0.25, 0.3) is 0 Å². The number of phosphoric ester groups is 2. The molecule has 0 saturated carbocycles. The molecule has 0 radical (unpaired) electrons. The number of carbonyl (C=O) groups is 4. The number of unbranched alkanes of at least 4 members (excludes halogenated alkanes) is 41. The lowest BCUT2D eigenvalue weighted by molar-refractivity contribution is -0.161. The zero-order valence-electron chi connectivity index (χ0n) is 64.4. The van der Waals surface area contributed by atoms with Crippen LogP contribution in [0.2, 0.25) is 0 Å². The molecule has 0 aliphatic heterocycles. The fourth-order valence-electron chi connectivity index (χ4n) is 12.0. The molecule has 0 aliphatic carbocycles. The average Bonchev–Trinajstić information content (AvgIpc) is 1.11. The lowest BCUT2D eigenvalue weighted by atomic mass is 9.99. The number of ether oxygens (including phenoxy) is 4. The van der Waals surface area contributed by atoms with E-state index in [1.165, 1.54) is 199 Å². The van der Waals surface area contributed by atoms with Crippen molar-refractivity contribution in [2.75, 3.05) is 39.6 Å². The van der Waals surface area contributed by atoms with Gasteiger partial charge in [-0.1, -0.05) is 351 Å². The summed E-state index contributed by atoms with van der Waals surface area (Å²) in [5, 5.41) is 10.6. The van der Waals surface area contributed by atoms with Gasteiger partial charge >= 0.3 is 39.5 Å². The predicted octanol–water partition coefficient (Wildman–Crippen LogP) is 23.2. The predicted molar refractivity (Wildman–Crippen MR) is 400 cm³/mol. The van der Waals surface area contributed by atoms with E-state index in [0.717, 1.165) is 114 Å². The van der Waals surface area contributed by atoms with Crippen LogP contribution < -0.4 is 0 Å². The zero-order chi connectivity index (χ0) is 72.4. The van der Waals surface area contributed by atoms with Gasteiger partial charge in [-0.25, -0.2) is 9.13 Å². The summed E-state index contributed by atoms with van der Waals surface area (Å²) in [6.07, 6.45) is 54.1. The Morgan fingerprint density at radius 1 is 0.286 bits per heavy atom. The average molecular weight is 1440 g/mol. The van der Waals surface area contributed by atoms with Crippen molar-refractivity contribution in [2.24, 2.45) is 23.7 Å². The fourth-order valence-corrected chi connectivity index (χ4v) is 13.6. The summed E-state index contributed by atoms with van der Waals surface area (Å²) >= 11 is 0. The maximum absolute atomic E-state index is 13.1. The monoisotopic (exact) mass is 1440 g/mol. The molecular weight excluding hydrogens is 1280 g/mol. The number of carbonyl (C=O) groups excluding carboxylic acids is 4. The Hall–Kier alpha value is -1.94. The van der Waals surface area contributed by atoms with E-state index in [1.54, 1.807) is 0 Å². The topological polar surface area (TPSA) is 237 Å². The summed E-state index contributed by atoms with van der Waals surface area (Å²) in [5.74, 6) is 0.990. The van der Waals surface area contributed by atoms with Crippen LogP contribution >= 0.6 is 15.6 Å². The second kappa shape index (κ2) is 68.2. The molecule has 582 valence electrons. The van der Waals surface area contributed by atoms with Gasteiger partial charge in [-0.2, -0.15) is 0 Å². The maximum atomic E-state index is 13.1. The smallest absolute Gasteiger partial charge is 0.462 e. The Morgan fingerprint density at radius 3 is 0.724 bits per heavy atom. The highest BCUT2D eigenvalue weighted by molar-refractivity contribution is 7.47. The molecule has 0 saturated heterocycles. The summed E-state index contributed by atoms with van der Waals surface area (Å²) in [6, 6.07) is 0. The summed E-state index contributed by atoms with van der Waals surface area (Å²) in [5.41, 5.74) is 0. The molecular formula is C79H154O17P2. The molecule has 0 heterocycles. The Bertz CT molecular complexity index is 1920. The van der Waals surface area contributed by atoms with Crippen LogP contribution in [-0.2, 0) is 65.4 Å². The lowest BCUT2D eigenvalue weighted by Gasteiger charge is -2.21. The summed E-state index contributed by atoms with van der Waals surface area (Å²) in [7, 11) is -9.92. The third-order valence-electron chi connectivity index (χ3n) is 18.7. The molecule has 0 amide bonds. The van der Waals surface area contributed by atoms with Gasteiger partial charge in [-0.15, -0.1) is 0 Å². The van der Waals surface area contributed by atoms with E-state index in [-0.39, 0.29) is 25.7 Å². The van der Waals surface area contributed by atoms with Gasteiger partial charge in [0.2, 0.25) is 0 Å². The molecule has 0 aromatic heterocycles. The van der Waals surface area contributed by atoms with Crippen molar-refractivity contribution in [2.45, 2.75) is 420 Å². The highest BCUT2D eigenvalue weighted by atomic mass is 31.2. The maximum Gasteiger partial charge on any atom is 0.472 e. The highest BCUT2D eigenvalue weighted by Gasteiger charge is 2.30. The fraction of sp³-hybridized carbons (Fsp3) is 0.949. The largest absolute Gasteiger partial charge is 0.472 e. The van der Waals surface area contributed by atoms with Crippen molar-refractivity contribution >= 4 is 39.5 Å². The summed E-state index contributed by atoms with van der Waals surface area (Å²) in [4.78, 5) is 72.9. The van der Waals surface area contributed by atoms with E-state index in [4.69, 9.17) is 37.0 Å². The first-order chi connectivity index (χ1) is 47.1. The molecule has 0 spiro atoms. The third kappa shape index (κ3) is 71.1. The molecule has 4 unspecified atom stereocenters. The molecule has 0 aromatic carbocycles. The molecule has 0 aliphatic rings. The Morgan fingerprint density at radius 2 is 0.490 bits per heavy atom. The summed E-state index contributed by atoms with van der Waals surface area (Å²) in [6.45, 7) is 14.2.